The maximum absolute atomic E-state index is 4.14. The highest BCUT2D eigenvalue weighted by Crippen LogP contribution is 2.41. The van der Waals surface area contributed by atoms with Gasteiger partial charge in [0.15, 0.2) is 0 Å². The van der Waals surface area contributed by atoms with Crippen LogP contribution in [0.4, 0.5) is 0 Å². The van der Waals surface area contributed by atoms with Crippen molar-refractivity contribution < 1.29 is 0 Å². The van der Waals surface area contributed by atoms with Gasteiger partial charge < -0.3 is 0 Å². The highest BCUT2D eigenvalue weighted by atomic mass is 79.9. The molecule has 0 aliphatic heterocycles. The minimum Gasteiger partial charge on any atom is -0.265 e. The van der Waals surface area contributed by atoms with Crippen molar-refractivity contribution in [2.24, 2.45) is 0 Å². The molecule has 21 heavy (non-hydrogen) atoms. The summed E-state index contributed by atoms with van der Waals surface area (Å²) < 4.78 is 1.16. The molecule has 0 N–H and O–H groups in total. The first-order chi connectivity index (χ1) is 10.4. The zero-order valence-electron chi connectivity index (χ0n) is 11.3. The fraction of sp³-hybridized carbons (Fsp3) is 0. The molecule has 0 radical (unpaired) electrons. The summed E-state index contributed by atoms with van der Waals surface area (Å²) in [6, 6.07) is 21.2. The van der Waals surface area contributed by atoms with Crippen LogP contribution in [0.2, 0.25) is 0 Å². The van der Waals surface area contributed by atoms with Crippen LogP contribution < -0.4 is 0 Å². The highest BCUT2D eigenvalue weighted by molar-refractivity contribution is 9.10. The molecular formula is C19H12BrN. The van der Waals surface area contributed by atoms with Crippen LogP contribution in [0.25, 0.3) is 32.7 Å². The van der Waals surface area contributed by atoms with E-state index < -0.39 is 0 Å². The Morgan fingerprint density at radius 1 is 0.619 bits per heavy atom. The fourth-order valence-electron chi connectivity index (χ4n) is 2.90. The predicted molar refractivity (Wildman–Crippen MR) is 92.4 cm³/mol. The van der Waals surface area contributed by atoms with E-state index in [1.165, 1.54) is 32.7 Å². The van der Waals surface area contributed by atoms with Crippen LogP contribution in [-0.2, 0) is 0 Å². The van der Waals surface area contributed by atoms with Gasteiger partial charge in [-0.05, 0) is 60.7 Å². The smallest absolute Gasteiger partial charge is 0.0332 e. The first-order valence-electron chi connectivity index (χ1n) is 6.85. The fourth-order valence-corrected chi connectivity index (χ4v) is 3.60. The maximum Gasteiger partial charge on any atom is 0.0332 e. The first-order valence-corrected chi connectivity index (χ1v) is 7.65. The number of fused-ring (bicyclic) bond motifs is 2. The predicted octanol–water partition coefficient (Wildman–Crippen LogP) is 5.82. The third-order valence-electron chi connectivity index (χ3n) is 3.83. The van der Waals surface area contributed by atoms with Gasteiger partial charge >= 0.3 is 0 Å². The Morgan fingerprint density at radius 2 is 1.10 bits per heavy atom. The molecule has 0 amide bonds. The van der Waals surface area contributed by atoms with Crippen LogP contribution in [-0.4, -0.2) is 4.98 Å². The van der Waals surface area contributed by atoms with E-state index >= 15 is 0 Å². The lowest BCUT2D eigenvalue weighted by Gasteiger charge is -2.14. The standard InChI is InChI=1S/C19H12BrN/c20-19-16-7-3-1-5-14(16)18(13-9-11-21-12-10-13)15-6-2-4-8-17(15)19/h1-12H. The van der Waals surface area contributed by atoms with Gasteiger partial charge in [0.25, 0.3) is 0 Å². The number of hydrogen-bond acceptors (Lipinski definition) is 1. The zero-order valence-corrected chi connectivity index (χ0v) is 12.8. The summed E-state index contributed by atoms with van der Waals surface area (Å²) in [6.07, 6.45) is 3.70. The number of nitrogens with zero attached hydrogens (tertiary/aromatic N) is 1. The summed E-state index contributed by atoms with van der Waals surface area (Å²) in [4.78, 5) is 4.14. The van der Waals surface area contributed by atoms with Crippen molar-refractivity contribution in [1.29, 1.82) is 0 Å². The molecule has 3 aromatic carbocycles. The zero-order chi connectivity index (χ0) is 14.2. The third kappa shape index (κ3) is 1.95. The minimum atomic E-state index is 1.16. The van der Waals surface area contributed by atoms with E-state index in [1.807, 2.05) is 12.4 Å². The Hall–Kier alpha value is -2.19. The number of rotatable bonds is 1. The van der Waals surface area contributed by atoms with Gasteiger partial charge in [0.2, 0.25) is 0 Å². The molecule has 0 aliphatic carbocycles. The molecule has 0 unspecified atom stereocenters. The van der Waals surface area contributed by atoms with Crippen LogP contribution >= 0.6 is 15.9 Å². The number of benzene rings is 3. The number of aromatic nitrogens is 1. The Labute approximate surface area is 131 Å². The largest absolute Gasteiger partial charge is 0.265 e. The average Bonchev–Trinajstić information content (AvgIpc) is 2.56. The Kier molecular flexibility index (Phi) is 2.97. The van der Waals surface area contributed by atoms with E-state index in [0.29, 0.717) is 0 Å². The molecule has 1 aromatic heterocycles. The lowest BCUT2D eigenvalue weighted by molar-refractivity contribution is 1.33. The summed E-state index contributed by atoms with van der Waals surface area (Å²) in [7, 11) is 0. The van der Waals surface area contributed by atoms with E-state index in [-0.39, 0.29) is 0 Å². The van der Waals surface area contributed by atoms with E-state index in [2.05, 4.69) is 81.6 Å². The van der Waals surface area contributed by atoms with E-state index in [4.69, 9.17) is 0 Å². The van der Waals surface area contributed by atoms with Crippen LogP contribution in [0.5, 0.6) is 0 Å². The highest BCUT2D eigenvalue weighted by Gasteiger charge is 2.12. The molecule has 0 saturated heterocycles. The Balaban J connectivity index is 2.28. The van der Waals surface area contributed by atoms with E-state index in [0.717, 1.165) is 4.47 Å². The second kappa shape index (κ2) is 4.97. The molecule has 0 aliphatic rings. The van der Waals surface area contributed by atoms with Gasteiger partial charge in [-0.25, -0.2) is 0 Å². The third-order valence-corrected chi connectivity index (χ3v) is 4.69. The van der Waals surface area contributed by atoms with Crippen molar-refractivity contribution in [2.45, 2.75) is 0 Å². The van der Waals surface area contributed by atoms with Gasteiger partial charge in [0, 0.05) is 16.9 Å². The number of halogens is 1. The van der Waals surface area contributed by atoms with Crippen molar-refractivity contribution >= 4 is 37.5 Å². The molecule has 100 valence electrons. The molecule has 0 bridgehead atoms. The van der Waals surface area contributed by atoms with Gasteiger partial charge in [0.05, 0.1) is 0 Å². The number of hydrogen-bond donors (Lipinski definition) is 0. The molecule has 4 rings (SSSR count). The lowest BCUT2D eigenvalue weighted by atomic mass is 9.92. The van der Waals surface area contributed by atoms with Gasteiger partial charge in [-0.15, -0.1) is 0 Å². The van der Waals surface area contributed by atoms with Crippen molar-refractivity contribution in [3.8, 4) is 11.1 Å². The van der Waals surface area contributed by atoms with Crippen molar-refractivity contribution in [1.82, 2.24) is 4.98 Å². The van der Waals surface area contributed by atoms with Crippen molar-refractivity contribution in [3.63, 3.8) is 0 Å². The summed E-state index contributed by atoms with van der Waals surface area (Å²) in [5.41, 5.74) is 2.47. The lowest BCUT2D eigenvalue weighted by Crippen LogP contribution is -1.87. The molecule has 0 spiro atoms. The maximum atomic E-state index is 4.14. The minimum absolute atomic E-state index is 1.16. The molecule has 1 heterocycles. The van der Waals surface area contributed by atoms with Gasteiger partial charge in [-0.1, -0.05) is 48.5 Å². The molecule has 4 aromatic rings. The molecule has 2 heteroatoms. The van der Waals surface area contributed by atoms with Crippen LogP contribution in [0, 0.1) is 0 Å². The molecule has 0 saturated carbocycles. The monoisotopic (exact) mass is 333 g/mol. The van der Waals surface area contributed by atoms with Crippen molar-refractivity contribution in [2.75, 3.05) is 0 Å². The van der Waals surface area contributed by atoms with Crippen LogP contribution in [0.1, 0.15) is 0 Å². The van der Waals surface area contributed by atoms with Crippen molar-refractivity contribution in [3.05, 3.63) is 77.5 Å². The summed E-state index contributed by atoms with van der Waals surface area (Å²) in [5.74, 6) is 0. The first kappa shape index (κ1) is 12.5. The average molecular weight is 334 g/mol. The second-order valence-electron chi connectivity index (χ2n) is 5.02. The topological polar surface area (TPSA) is 12.9 Å². The molecular weight excluding hydrogens is 322 g/mol. The quantitative estimate of drug-likeness (QED) is 0.400. The number of pyridine rings is 1. The molecule has 0 fully saturated rings. The van der Waals surface area contributed by atoms with Gasteiger partial charge in [-0.3, -0.25) is 4.98 Å². The molecule has 0 atom stereocenters. The summed E-state index contributed by atoms with van der Waals surface area (Å²) >= 11 is 3.78. The van der Waals surface area contributed by atoms with E-state index in [9.17, 15) is 0 Å². The molecule has 1 nitrogen and oxygen atoms in total. The summed E-state index contributed by atoms with van der Waals surface area (Å²) in [6.45, 7) is 0. The van der Waals surface area contributed by atoms with Crippen LogP contribution in [0.15, 0.2) is 77.5 Å². The SMILES string of the molecule is Brc1c2ccccc2c(-c2ccncc2)c2ccccc12. The van der Waals surface area contributed by atoms with Gasteiger partial charge in [-0.2, -0.15) is 0 Å². The van der Waals surface area contributed by atoms with Gasteiger partial charge in [0.1, 0.15) is 0 Å². The Bertz CT molecular complexity index is 888. The van der Waals surface area contributed by atoms with E-state index in [1.54, 1.807) is 0 Å². The second-order valence-corrected chi connectivity index (χ2v) is 5.81. The Morgan fingerprint density at radius 3 is 1.62 bits per heavy atom. The van der Waals surface area contributed by atoms with Crippen LogP contribution in [0.3, 0.4) is 0 Å². The summed E-state index contributed by atoms with van der Waals surface area (Å²) in [5, 5.41) is 4.99. The normalized spacial score (nSPS) is 11.1.